The molecule has 1 aromatic heterocycles. The standard InChI is InChI=1S/C30H32ClN3O2/c1-20-10-13-27(22(3)16-20)34-19-23(18-29(34)35)30-32-26-8-4-5-9-28(26)33(30)14-6-7-15-36-24-11-12-25(31)21(2)17-24/h4-5,8-13,16-17,23H,6-7,14-15,18-19H2,1-3H3. The first-order valence-corrected chi connectivity index (χ1v) is 13.0. The van der Waals surface area contributed by atoms with Crippen LogP contribution in [0.1, 0.15) is 47.7 Å². The molecule has 5 nitrogen and oxygen atoms in total. The summed E-state index contributed by atoms with van der Waals surface area (Å²) in [7, 11) is 0. The van der Waals surface area contributed by atoms with Crippen molar-refractivity contribution in [3.63, 3.8) is 0 Å². The number of imidazole rings is 1. The first-order valence-electron chi connectivity index (χ1n) is 12.6. The van der Waals surface area contributed by atoms with Crippen LogP contribution < -0.4 is 9.64 Å². The first-order chi connectivity index (χ1) is 17.4. The fourth-order valence-corrected chi connectivity index (χ4v) is 5.25. The summed E-state index contributed by atoms with van der Waals surface area (Å²) in [6, 6.07) is 20.3. The summed E-state index contributed by atoms with van der Waals surface area (Å²) in [6.45, 7) is 8.28. The predicted octanol–water partition coefficient (Wildman–Crippen LogP) is 6.99. The first kappa shape index (κ1) is 24.4. The van der Waals surface area contributed by atoms with Gasteiger partial charge in [0.05, 0.1) is 17.6 Å². The Balaban J connectivity index is 1.29. The summed E-state index contributed by atoms with van der Waals surface area (Å²) < 4.78 is 8.25. The molecule has 186 valence electrons. The highest BCUT2D eigenvalue weighted by molar-refractivity contribution is 6.31. The van der Waals surface area contributed by atoms with Crippen LogP contribution in [0.5, 0.6) is 5.75 Å². The minimum absolute atomic E-state index is 0.0684. The maximum Gasteiger partial charge on any atom is 0.227 e. The number of hydrogen-bond acceptors (Lipinski definition) is 3. The number of aryl methyl sites for hydroxylation is 4. The van der Waals surface area contributed by atoms with E-state index in [0.29, 0.717) is 19.6 Å². The van der Waals surface area contributed by atoms with Crippen LogP contribution in [0.4, 0.5) is 5.69 Å². The van der Waals surface area contributed by atoms with Gasteiger partial charge in [-0.05, 0) is 81.1 Å². The van der Waals surface area contributed by atoms with E-state index in [1.54, 1.807) is 0 Å². The topological polar surface area (TPSA) is 47.4 Å². The smallest absolute Gasteiger partial charge is 0.227 e. The van der Waals surface area contributed by atoms with Gasteiger partial charge in [0.2, 0.25) is 5.91 Å². The van der Waals surface area contributed by atoms with Crippen molar-refractivity contribution in [2.45, 2.75) is 52.5 Å². The molecular formula is C30H32ClN3O2. The third kappa shape index (κ3) is 4.98. The molecule has 36 heavy (non-hydrogen) atoms. The zero-order valence-electron chi connectivity index (χ0n) is 21.1. The Labute approximate surface area is 217 Å². The SMILES string of the molecule is Cc1ccc(N2CC(c3nc4ccccc4n3CCCCOc3ccc(Cl)c(C)c3)CC2=O)c(C)c1. The van der Waals surface area contributed by atoms with Gasteiger partial charge in [0.25, 0.3) is 0 Å². The van der Waals surface area contributed by atoms with E-state index in [-0.39, 0.29) is 11.8 Å². The number of fused-ring (bicyclic) bond motifs is 1. The molecule has 6 heteroatoms. The van der Waals surface area contributed by atoms with Gasteiger partial charge in [-0.25, -0.2) is 4.98 Å². The number of halogens is 1. The highest BCUT2D eigenvalue weighted by Crippen LogP contribution is 2.35. The van der Waals surface area contributed by atoms with Crippen LogP contribution >= 0.6 is 11.6 Å². The molecule has 0 bridgehead atoms. The average Bonchev–Trinajstić information content (AvgIpc) is 3.41. The van der Waals surface area contributed by atoms with Crippen LogP contribution in [-0.4, -0.2) is 28.6 Å². The van der Waals surface area contributed by atoms with E-state index < -0.39 is 0 Å². The number of para-hydroxylation sites is 2. The third-order valence-electron chi connectivity index (χ3n) is 6.99. The zero-order chi connectivity index (χ0) is 25.2. The number of rotatable bonds is 8. The molecule has 1 aliphatic heterocycles. The number of hydrogen-bond donors (Lipinski definition) is 0. The van der Waals surface area contributed by atoms with E-state index in [1.807, 2.05) is 36.1 Å². The Hall–Kier alpha value is -3.31. The summed E-state index contributed by atoms with van der Waals surface area (Å²) >= 11 is 6.12. The van der Waals surface area contributed by atoms with E-state index in [9.17, 15) is 4.79 Å². The Morgan fingerprint density at radius 3 is 2.64 bits per heavy atom. The minimum atomic E-state index is 0.0684. The van der Waals surface area contributed by atoms with Gasteiger partial charge in [0, 0.05) is 36.1 Å². The lowest BCUT2D eigenvalue weighted by Crippen LogP contribution is -2.25. The fraction of sp³-hybridized carbons (Fsp3) is 0.333. The Kier molecular flexibility index (Phi) is 7.01. The van der Waals surface area contributed by atoms with Crippen LogP contribution in [-0.2, 0) is 11.3 Å². The van der Waals surface area contributed by atoms with Crippen molar-refractivity contribution in [2.24, 2.45) is 0 Å². The molecule has 1 unspecified atom stereocenters. The quantitative estimate of drug-likeness (QED) is 0.244. The number of nitrogens with zero attached hydrogens (tertiary/aromatic N) is 3. The number of anilines is 1. The van der Waals surface area contributed by atoms with E-state index in [2.05, 4.69) is 54.8 Å². The van der Waals surface area contributed by atoms with E-state index in [0.717, 1.165) is 63.8 Å². The Bertz CT molecular complexity index is 1410. The Morgan fingerprint density at radius 1 is 1.00 bits per heavy atom. The van der Waals surface area contributed by atoms with E-state index in [4.69, 9.17) is 21.3 Å². The van der Waals surface area contributed by atoms with Gasteiger partial charge in [-0.2, -0.15) is 0 Å². The number of ether oxygens (including phenoxy) is 1. The summed E-state index contributed by atoms with van der Waals surface area (Å²) in [6.07, 6.45) is 2.36. The van der Waals surface area contributed by atoms with E-state index >= 15 is 0 Å². The maximum atomic E-state index is 13.1. The minimum Gasteiger partial charge on any atom is -0.494 e. The number of benzene rings is 3. The molecule has 0 N–H and O–H groups in total. The molecular weight excluding hydrogens is 470 g/mol. The highest BCUT2D eigenvalue weighted by atomic mass is 35.5. The van der Waals surface area contributed by atoms with Crippen molar-refractivity contribution in [3.8, 4) is 5.75 Å². The van der Waals surface area contributed by atoms with Gasteiger partial charge < -0.3 is 14.2 Å². The molecule has 3 aromatic carbocycles. The molecule has 1 atom stereocenters. The van der Waals surface area contributed by atoms with Crippen molar-refractivity contribution in [1.82, 2.24) is 9.55 Å². The highest BCUT2D eigenvalue weighted by Gasteiger charge is 2.35. The van der Waals surface area contributed by atoms with Crippen molar-refractivity contribution in [1.29, 1.82) is 0 Å². The lowest BCUT2D eigenvalue weighted by Gasteiger charge is -2.20. The molecule has 1 saturated heterocycles. The normalized spacial score (nSPS) is 15.7. The number of amides is 1. The van der Waals surface area contributed by atoms with Gasteiger partial charge in [0.15, 0.2) is 0 Å². The predicted molar refractivity (Wildman–Crippen MR) is 146 cm³/mol. The Morgan fingerprint density at radius 2 is 1.83 bits per heavy atom. The number of carbonyl (C=O) groups is 1. The molecule has 5 rings (SSSR count). The summed E-state index contributed by atoms with van der Waals surface area (Å²) in [5.41, 5.74) is 6.47. The van der Waals surface area contributed by atoms with Gasteiger partial charge in [0.1, 0.15) is 11.6 Å². The molecule has 1 fully saturated rings. The van der Waals surface area contributed by atoms with Crippen molar-refractivity contribution in [2.75, 3.05) is 18.1 Å². The van der Waals surface area contributed by atoms with Crippen LogP contribution in [0.15, 0.2) is 60.7 Å². The van der Waals surface area contributed by atoms with Crippen LogP contribution in [0.3, 0.4) is 0 Å². The van der Waals surface area contributed by atoms with Gasteiger partial charge in [-0.3, -0.25) is 4.79 Å². The maximum absolute atomic E-state index is 13.1. The average molecular weight is 502 g/mol. The number of unbranched alkanes of at least 4 members (excludes halogenated alkanes) is 1. The van der Waals surface area contributed by atoms with Gasteiger partial charge in [-0.1, -0.05) is 41.4 Å². The molecule has 4 aromatic rings. The number of aromatic nitrogens is 2. The molecule has 2 heterocycles. The van der Waals surface area contributed by atoms with Crippen molar-refractivity contribution in [3.05, 3.63) is 88.2 Å². The summed E-state index contributed by atoms with van der Waals surface area (Å²) in [4.78, 5) is 20.0. The zero-order valence-corrected chi connectivity index (χ0v) is 21.9. The van der Waals surface area contributed by atoms with Crippen molar-refractivity contribution >= 4 is 34.2 Å². The molecule has 0 aliphatic carbocycles. The third-order valence-corrected chi connectivity index (χ3v) is 7.42. The van der Waals surface area contributed by atoms with Crippen LogP contribution in [0, 0.1) is 20.8 Å². The molecule has 1 amide bonds. The number of carbonyl (C=O) groups excluding carboxylic acids is 1. The molecule has 0 spiro atoms. The fourth-order valence-electron chi connectivity index (χ4n) is 5.13. The second-order valence-electron chi connectivity index (χ2n) is 9.77. The summed E-state index contributed by atoms with van der Waals surface area (Å²) in [5, 5.41) is 0.753. The molecule has 0 saturated carbocycles. The van der Waals surface area contributed by atoms with E-state index in [1.165, 1.54) is 5.56 Å². The lowest BCUT2D eigenvalue weighted by molar-refractivity contribution is -0.117. The van der Waals surface area contributed by atoms with Crippen molar-refractivity contribution < 1.29 is 9.53 Å². The van der Waals surface area contributed by atoms with Gasteiger partial charge >= 0.3 is 0 Å². The van der Waals surface area contributed by atoms with Gasteiger partial charge in [-0.15, -0.1) is 0 Å². The largest absolute Gasteiger partial charge is 0.494 e. The second-order valence-corrected chi connectivity index (χ2v) is 10.2. The monoisotopic (exact) mass is 501 g/mol. The molecule has 1 aliphatic rings. The lowest BCUT2D eigenvalue weighted by atomic mass is 10.1. The molecule has 0 radical (unpaired) electrons. The van der Waals surface area contributed by atoms with Crippen LogP contribution in [0.25, 0.3) is 11.0 Å². The second kappa shape index (κ2) is 10.4. The summed E-state index contributed by atoms with van der Waals surface area (Å²) in [5.74, 6) is 2.09. The van der Waals surface area contributed by atoms with Crippen LogP contribution in [0.2, 0.25) is 5.02 Å².